The molecule has 2 aliphatic carbocycles. The van der Waals surface area contributed by atoms with Crippen LogP contribution in [0.3, 0.4) is 0 Å². The Morgan fingerprint density at radius 2 is 2.21 bits per heavy atom. The SMILES string of the molecule is CC1C2CC[C@@]1(CS(=O)(=O)O)C(=O)C2. The van der Waals surface area contributed by atoms with Gasteiger partial charge < -0.3 is 0 Å². The molecule has 0 aromatic carbocycles. The Morgan fingerprint density at radius 1 is 1.57 bits per heavy atom. The van der Waals surface area contributed by atoms with Crippen LogP contribution in [0, 0.1) is 17.3 Å². The van der Waals surface area contributed by atoms with E-state index < -0.39 is 15.5 Å². The Kier molecular flexibility index (Phi) is 2.02. The lowest BCUT2D eigenvalue weighted by atomic mass is 9.81. The number of rotatable bonds is 2. The number of carbonyl (C=O) groups is 1. The summed E-state index contributed by atoms with van der Waals surface area (Å²) in [6, 6.07) is 0. The number of Topliss-reactive ketones (excluding diaryl/α,β-unsaturated/α-hetero) is 1. The zero-order valence-electron chi connectivity index (χ0n) is 8.06. The molecule has 2 fully saturated rings. The standard InChI is InChI=1S/C9H14O4S/c1-6-7-2-3-9(6,8(10)4-7)5-14(11,12)13/h6-7H,2-5H2,1H3,(H,11,12,13)/t6?,7?,9-/m0/s1. The number of ketones is 1. The van der Waals surface area contributed by atoms with Gasteiger partial charge in [-0.1, -0.05) is 6.92 Å². The molecule has 4 nitrogen and oxygen atoms in total. The summed E-state index contributed by atoms with van der Waals surface area (Å²) in [4.78, 5) is 11.7. The van der Waals surface area contributed by atoms with E-state index in [1.54, 1.807) is 0 Å². The Bertz CT molecular complexity index is 372. The Hall–Kier alpha value is -0.420. The first kappa shape index (κ1) is 10.1. The smallest absolute Gasteiger partial charge is 0.265 e. The number of fused-ring (bicyclic) bond motifs is 2. The first-order chi connectivity index (χ1) is 6.35. The molecule has 2 saturated carbocycles. The van der Waals surface area contributed by atoms with Crippen molar-refractivity contribution in [3.63, 3.8) is 0 Å². The molecule has 80 valence electrons. The van der Waals surface area contributed by atoms with Crippen molar-refractivity contribution in [3.05, 3.63) is 0 Å². The maximum absolute atomic E-state index is 11.7. The van der Waals surface area contributed by atoms with Crippen LogP contribution in [0.4, 0.5) is 0 Å². The van der Waals surface area contributed by atoms with Gasteiger partial charge in [0.15, 0.2) is 0 Å². The van der Waals surface area contributed by atoms with Gasteiger partial charge in [0.2, 0.25) is 0 Å². The van der Waals surface area contributed by atoms with Crippen LogP contribution < -0.4 is 0 Å². The lowest BCUT2D eigenvalue weighted by molar-refractivity contribution is -0.126. The predicted molar refractivity (Wildman–Crippen MR) is 50.4 cm³/mol. The molecule has 0 aliphatic heterocycles. The van der Waals surface area contributed by atoms with E-state index in [1.165, 1.54) is 0 Å². The zero-order chi connectivity index (χ0) is 10.6. The quantitative estimate of drug-likeness (QED) is 0.698. The van der Waals surface area contributed by atoms with Crippen molar-refractivity contribution in [3.8, 4) is 0 Å². The van der Waals surface area contributed by atoms with Crippen molar-refractivity contribution < 1.29 is 17.8 Å². The lowest BCUT2D eigenvalue weighted by Crippen LogP contribution is -2.36. The highest BCUT2D eigenvalue weighted by Gasteiger charge is 2.58. The monoisotopic (exact) mass is 218 g/mol. The molecular weight excluding hydrogens is 204 g/mol. The van der Waals surface area contributed by atoms with Crippen LogP contribution in [0.1, 0.15) is 26.2 Å². The van der Waals surface area contributed by atoms with Crippen LogP contribution in [0.2, 0.25) is 0 Å². The highest BCUT2D eigenvalue weighted by Crippen LogP contribution is 2.56. The normalized spacial score (nSPS) is 42.0. The molecule has 0 spiro atoms. The Balaban J connectivity index is 2.34. The van der Waals surface area contributed by atoms with E-state index >= 15 is 0 Å². The zero-order valence-corrected chi connectivity index (χ0v) is 8.88. The van der Waals surface area contributed by atoms with Crippen molar-refractivity contribution >= 4 is 15.9 Å². The van der Waals surface area contributed by atoms with E-state index in [-0.39, 0.29) is 17.5 Å². The molecule has 0 amide bonds. The predicted octanol–water partition coefficient (Wildman–Crippen LogP) is 0.879. The summed E-state index contributed by atoms with van der Waals surface area (Å²) in [7, 11) is -4.04. The van der Waals surface area contributed by atoms with E-state index in [2.05, 4.69) is 0 Å². The lowest BCUT2D eigenvalue weighted by Gasteiger charge is -2.26. The van der Waals surface area contributed by atoms with Gasteiger partial charge in [-0.15, -0.1) is 0 Å². The maximum atomic E-state index is 11.7. The van der Waals surface area contributed by atoms with Gasteiger partial charge in [0.1, 0.15) is 5.78 Å². The fourth-order valence-electron chi connectivity index (χ4n) is 3.09. The molecule has 2 rings (SSSR count). The van der Waals surface area contributed by atoms with Crippen LogP contribution in [0.15, 0.2) is 0 Å². The molecule has 0 radical (unpaired) electrons. The summed E-state index contributed by atoms with van der Waals surface area (Å²) >= 11 is 0. The summed E-state index contributed by atoms with van der Waals surface area (Å²) < 4.78 is 30.6. The molecule has 0 aromatic rings. The minimum absolute atomic E-state index is 0.0267. The summed E-state index contributed by atoms with van der Waals surface area (Å²) in [5.41, 5.74) is -0.766. The van der Waals surface area contributed by atoms with Crippen LogP contribution in [0.25, 0.3) is 0 Å². The molecule has 0 heterocycles. The van der Waals surface area contributed by atoms with Crippen LogP contribution in [-0.4, -0.2) is 24.5 Å². The molecular formula is C9H14O4S. The van der Waals surface area contributed by atoms with Gasteiger partial charge in [-0.2, -0.15) is 8.42 Å². The first-order valence-electron chi connectivity index (χ1n) is 4.84. The summed E-state index contributed by atoms with van der Waals surface area (Å²) in [6.45, 7) is 1.92. The number of carbonyl (C=O) groups excluding carboxylic acids is 1. The second-order valence-electron chi connectivity index (χ2n) is 4.60. The average molecular weight is 218 g/mol. The molecule has 5 heteroatoms. The van der Waals surface area contributed by atoms with Gasteiger partial charge in [-0.05, 0) is 24.7 Å². The minimum Gasteiger partial charge on any atom is -0.299 e. The van der Waals surface area contributed by atoms with E-state index in [4.69, 9.17) is 4.55 Å². The van der Waals surface area contributed by atoms with E-state index in [0.29, 0.717) is 18.8 Å². The van der Waals surface area contributed by atoms with E-state index in [9.17, 15) is 13.2 Å². The van der Waals surface area contributed by atoms with Crippen molar-refractivity contribution in [2.75, 3.05) is 5.75 Å². The third-order valence-corrected chi connectivity index (χ3v) is 4.86. The van der Waals surface area contributed by atoms with E-state index in [1.807, 2.05) is 6.92 Å². The highest BCUT2D eigenvalue weighted by atomic mass is 32.2. The molecule has 14 heavy (non-hydrogen) atoms. The average Bonchev–Trinajstić information content (AvgIpc) is 2.40. The van der Waals surface area contributed by atoms with Crippen LogP contribution >= 0.6 is 0 Å². The second-order valence-corrected chi connectivity index (χ2v) is 6.05. The van der Waals surface area contributed by atoms with Gasteiger partial charge in [0, 0.05) is 11.8 Å². The van der Waals surface area contributed by atoms with Crippen molar-refractivity contribution in [1.82, 2.24) is 0 Å². The molecule has 0 aromatic heterocycles. The van der Waals surface area contributed by atoms with Crippen molar-refractivity contribution in [2.45, 2.75) is 26.2 Å². The molecule has 2 aliphatic rings. The highest BCUT2D eigenvalue weighted by molar-refractivity contribution is 7.85. The third kappa shape index (κ3) is 1.30. The van der Waals surface area contributed by atoms with Crippen LogP contribution in [0.5, 0.6) is 0 Å². The Morgan fingerprint density at radius 3 is 2.57 bits per heavy atom. The fraction of sp³-hybridized carbons (Fsp3) is 0.889. The maximum Gasteiger partial charge on any atom is 0.265 e. The van der Waals surface area contributed by atoms with Crippen molar-refractivity contribution in [1.29, 1.82) is 0 Å². The van der Waals surface area contributed by atoms with Gasteiger partial charge in [0.05, 0.1) is 5.75 Å². The summed E-state index contributed by atoms with van der Waals surface area (Å²) in [6.07, 6.45) is 2.04. The molecule has 1 N–H and O–H groups in total. The first-order valence-corrected chi connectivity index (χ1v) is 6.44. The van der Waals surface area contributed by atoms with Gasteiger partial charge >= 0.3 is 0 Å². The third-order valence-electron chi connectivity index (χ3n) is 3.98. The van der Waals surface area contributed by atoms with E-state index in [0.717, 1.165) is 6.42 Å². The largest absolute Gasteiger partial charge is 0.299 e. The fourth-order valence-corrected chi connectivity index (χ4v) is 4.31. The van der Waals surface area contributed by atoms with Crippen molar-refractivity contribution in [2.24, 2.45) is 17.3 Å². The molecule has 2 bridgehead atoms. The van der Waals surface area contributed by atoms with Gasteiger partial charge in [-0.3, -0.25) is 9.35 Å². The molecule has 3 atom stereocenters. The minimum atomic E-state index is -4.04. The second kappa shape index (κ2) is 2.79. The molecule has 0 saturated heterocycles. The number of hydrogen-bond donors (Lipinski definition) is 1. The molecule has 2 unspecified atom stereocenters. The summed E-state index contributed by atoms with van der Waals surface area (Å²) in [5, 5.41) is 0. The van der Waals surface area contributed by atoms with Gasteiger partial charge in [-0.25, -0.2) is 0 Å². The van der Waals surface area contributed by atoms with Gasteiger partial charge in [0.25, 0.3) is 10.1 Å². The topological polar surface area (TPSA) is 71.4 Å². The number of hydrogen-bond acceptors (Lipinski definition) is 3. The Labute approximate surface area is 83.4 Å². The summed E-state index contributed by atoms with van der Waals surface area (Å²) in [5.74, 6) is 0.0938. The van der Waals surface area contributed by atoms with Crippen LogP contribution in [-0.2, 0) is 14.9 Å².